The van der Waals surface area contributed by atoms with Crippen molar-refractivity contribution in [2.24, 2.45) is 5.41 Å². The van der Waals surface area contributed by atoms with Gasteiger partial charge in [0.25, 0.3) is 11.5 Å². The third kappa shape index (κ3) is 7.27. The lowest BCUT2D eigenvalue weighted by molar-refractivity contribution is -0.157. The standard InChI is InChI=1S/C34H33N5O4/c1-6-18-38(27-15-13-26(14-16-27)31(40)37-30(20-35)25-10-8-7-9-11-25)21-24-12-17-29-28(19-24)32(41)39(23(2)36-29)22-43-33(42)34(3,4)5/h1,7-17,19,30H,18,21-22H2,2-5H3,(H,37,40). The van der Waals surface area contributed by atoms with Crippen molar-refractivity contribution >= 4 is 28.5 Å². The molecule has 0 fully saturated rings. The summed E-state index contributed by atoms with van der Waals surface area (Å²) < 4.78 is 6.71. The highest BCUT2D eigenvalue weighted by molar-refractivity contribution is 5.95. The van der Waals surface area contributed by atoms with Crippen LogP contribution in [0, 0.1) is 36.0 Å². The van der Waals surface area contributed by atoms with E-state index in [2.05, 4.69) is 22.3 Å². The Morgan fingerprint density at radius 3 is 2.42 bits per heavy atom. The summed E-state index contributed by atoms with van der Waals surface area (Å²) in [6.45, 7) is 7.39. The average molecular weight is 576 g/mol. The molecule has 3 aromatic carbocycles. The van der Waals surface area contributed by atoms with E-state index < -0.39 is 17.4 Å². The normalized spacial score (nSPS) is 11.7. The van der Waals surface area contributed by atoms with Gasteiger partial charge in [-0.3, -0.25) is 19.0 Å². The highest BCUT2D eigenvalue weighted by Crippen LogP contribution is 2.21. The first-order chi connectivity index (χ1) is 20.5. The molecule has 9 heteroatoms. The van der Waals surface area contributed by atoms with Crippen molar-refractivity contribution in [2.75, 3.05) is 11.4 Å². The van der Waals surface area contributed by atoms with Crippen LogP contribution in [-0.2, 0) is 22.8 Å². The second-order valence-electron chi connectivity index (χ2n) is 11.1. The van der Waals surface area contributed by atoms with Gasteiger partial charge in [-0.25, -0.2) is 4.98 Å². The topological polar surface area (TPSA) is 117 Å². The van der Waals surface area contributed by atoms with Gasteiger partial charge < -0.3 is 15.0 Å². The number of hydrogen-bond donors (Lipinski definition) is 1. The molecule has 0 aliphatic rings. The molecule has 0 aliphatic heterocycles. The van der Waals surface area contributed by atoms with Gasteiger partial charge in [0.15, 0.2) is 6.73 Å². The highest BCUT2D eigenvalue weighted by Gasteiger charge is 2.23. The molecule has 0 saturated heterocycles. The zero-order valence-electron chi connectivity index (χ0n) is 24.6. The fourth-order valence-corrected chi connectivity index (χ4v) is 4.41. The second-order valence-corrected chi connectivity index (χ2v) is 11.1. The highest BCUT2D eigenvalue weighted by atomic mass is 16.5. The van der Waals surface area contributed by atoms with E-state index in [9.17, 15) is 19.6 Å². The lowest BCUT2D eigenvalue weighted by atomic mass is 9.98. The zero-order valence-corrected chi connectivity index (χ0v) is 24.6. The number of terminal acetylenes is 1. The molecule has 0 saturated carbocycles. The van der Waals surface area contributed by atoms with Crippen molar-refractivity contribution in [1.29, 1.82) is 5.26 Å². The first-order valence-corrected chi connectivity index (χ1v) is 13.7. The number of aryl methyl sites for hydroxylation is 1. The summed E-state index contributed by atoms with van der Waals surface area (Å²) in [5, 5.41) is 12.7. The molecule has 4 rings (SSSR count). The fourth-order valence-electron chi connectivity index (χ4n) is 4.41. The summed E-state index contributed by atoms with van der Waals surface area (Å²) in [6, 6.07) is 22.8. The number of fused-ring (bicyclic) bond motifs is 1. The monoisotopic (exact) mass is 575 g/mol. The van der Waals surface area contributed by atoms with Gasteiger partial charge >= 0.3 is 5.97 Å². The summed E-state index contributed by atoms with van der Waals surface area (Å²) in [5.41, 5.74) is 2.24. The van der Waals surface area contributed by atoms with E-state index in [1.165, 1.54) is 4.57 Å². The smallest absolute Gasteiger partial charge is 0.312 e. The number of aromatic nitrogens is 2. The largest absolute Gasteiger partial charge is 0.443 e. The van der Waals surface area contributed by atoms with Crippen molar-refractivity contribution in [1.82, 2.24) is 14.9 Å². The number of nitrogens with zero attached hydrogens (tertiary/aromatic N) is 4. The van der Waals surface area contributed by atoms with E-state index >= 15 is 0 Å². The van der Waals surface area contributed by atoms with Gasteiger partial charge in [-0.2, -0.15) is 5.26 Å². The van der Waals surface area contributed by atoms with E-state index in [1.807, 2.05) is 29.2 Å². The predicted molar refractivity (Wildman–Crippen MR) is 165 cm³/mol. The minimum Gasteiger partial charge on any atom is -0.443 e. The van der Waals surface area contributed by atoms with Gasteiger partial charge in [-0.15, -0.1) is 6.42 Å². The zero-order chi connectivity index (χ0) is 31.1. The van der Waals surface area contributed by atoms with E-state index in [4.69, 9.17) is 11.2 Å². The van der Waals surface area contributed by atoms with Gasteiger partial charge in [-0.1, -0.05) is 42.3 Å². The van der Waals surface area contributed by atoms with Gasteiger partial charge in [0.05, 0.1) is 28.9 Å². The molecule has 1 atom stereocenters. The number of rotatable bonds is 9. The third-order valence-electron chi connectivity index (χ3n) is 6.83. The van der Waals surface area contributed by atoms with Crippen LogP contribution in [-0.4, -0.2) is 28.0 Å². The van der Waals surface area contributed by atoms with Gasteiger partial charge in [-0.05, 0) is 75.2 Å². The molecule has 218 valence electrons. The molecule has 0 bridgehead atoms. The van der Waals surface area contributed by atoms with Crippen LogP contribution in [0.5, 0.6) is 0 Å². The van der Waals surface area contributed by atoms with Crippen molar-refractivity contribution < 1.29 is 14.3 Å². The quantitative estimate of drug-likeness (QED) is 0.223. The number of benzene rings is 3. The van der Waals surface area contributed by atoms with E-state index in [0.29, 0.717) is 34.4 Å². The molecule has 1 unspecified atom stereocenters. The molecule has 1 aromatic heterocycles. The summed E-state index contributed by atoms with van der Waals surface area (Å²) in [4.78, 5) is 44.9. The van der Waals surface area contributed by atoms with Crippen molar-refractivity contribution in [3.63, 3.8) is 0 Å². The third-order valence-corrected chi connectivity index (χ3v) is 6.83. The lowest BCUT2D eigenvalue weighted by Crippen LogP contribution is -2.30. The molecule has 1 N–H and O–H groups in total. The fraction of sp³-hybridized carbons (Fsp3) is 0.265. The summed E-state index contributed by atoms with van der Waals surface area (Å²) >= 11 is 0. The number of amides is 1. The number of esters is 1. The molecule has 0 aliphatic carbocycles. The molecule has 0 radical (unpaired) electrons. The van der Waals surface area contributed by atoms with Gasteiger partial charge in [0.1, 0.15) is 11.9 Å². The molecule has 9 nitrogen and oxygen atoms in total. The van der Waals surface area contributed by atoms with Crippen LogP contribution in [0.3, 0.4) is 0 Å². The Kier molecular flexibility index (Phi) is 9.27. The van der Waals surface area contributed by atoms with E-state index in [-0.39, 0.29) is 24.7 Å². The second kappa shape index (κ2) is 13.1. The van der Waals surface area contributed by atoms with E-state index in [0.717, 1.165) is 11.3 Å². The maximum absolute atomic E-state index is 13.4. The summed E-state index contributed by atoms with van der Waals surface area (Å²) in [5.74, 6) is 2.32. The number of nitriles is 1. The van der Waals surface area contributed by atoms with Crippen LogP contribution >= 0.6 is 0 Å². The lowest BCUT2D eigenvalue weighted by Gasteiger charge is -2.23. The van der Waals surface area contributed by atoms with Crippen LogP contribution < -0.4 is 15.8 Å². The first kappa shape index (κ1) is 30.5. The maximum Gasteiger partial charge on any atom is 0.312 e. The molecular weight excluding hydrogens is 542 g/mol. The van der Waals surface area contributed by atoms with Crippen LogP contribution in [0.4, 0.5) is 5.69 Å². The Balaban J connectivity index is 1.53. The van der Waals surface area contributed by atoms with Crippen LogP contribution in [0.1, 0.15) is 54.1 Å². The molecule has 1 amide bonds. The number of anilines is 1. The number of nitrogens with one attached hydrogen (secondary N) is 1. The van der Waals surface area contributed by atoms with Gasteiger partial charge in [0, 0.05) is 17.8 Å². The summed E-state index contributed by atoms with van der Waals surface area (Å²) in [7, 11) is 0. The average Bonchev–Trinajstić information content (AvgIpc) is 2.99. The molecule has 1 heterocycles. The summed E-state index contributed by atoms with van der Waals surface area (Å²) in [6.07, 6.45) is 5.67. The number of hydrogen-bond acceptors (Lipinski definition) is 7. The maximum atomic E-state index is 13.4. The van der Waals surface area contributed by atoms with Crippen LogP contribution in [0.15, 0.2) is 77.6 Å². The van der Waals surface area contributed by atoms with Crippen molar-refractivity contribution in [3.05, 3.63) is 106 Å². The Morgan fingerprint density at radius 1 is 1.09 bits per heavy atom. The van der Waals surface area contributed by atoms with Crippen molar-refractivity contribution in [3.8, 4) is 18.4 Å². The predicted octanol–water partition coefficient (Wildman–Crippen LogP) is 4.89. The minimum atomic E-state index is -0.771. The van der Waals surface area contributed by atoms with Crippen molar-refractivity contribution in [2.45, 2.75) is 47.0 Å². The number of carbonyl (C=O) groups is 2. The number of ether oxygens (including phenoxy) is 1. The molecule has 0 spiro atoms. The Bertz CT molecular complexity index is 1780. The van der Waals surface area contributed by atoms with E-state index in [1.54, 1.807) is 76.2 Å². The minimum absolute atomic E-state index is 0.225. The SMILES string of the molecule is C#CCN(Cc1ccc2nc(C)n(COC(=O)C(C)(C)C)c(=O)c2c1)c1ccc(C(=O)NC(C#N)c2ccccc2)cc1. The Hall–Kier alpha value is -5.41. The molecular formula is C34H33N5O4. The van der Waals surface area contributed by atoms with Gasteiger partial charge in [0.2, 0.25) is 0 Å². The first-order valence-electron chi connectivity index (χ1n) is 13.7. The Labute approximate surface area is 250 Å². The molecule has 43 heavy (non-hydrogen) atoms. The Morgan fingerprint density at radius 2 is 1.79 bits per heavy atom. The van der Waals surface area contributed by atoms with Crippen LogP contribution in [0.25, 0.3) is 10.9 Å². The van der Waals surface area contributed by atoms with Crippen LogP contribution in [0.2, 0.25) is 0 Å². The molecule has 4 aromatic rings. The number of carbonyl (C=O) groups excluding carboxylic acids is 2.